The molecule has 0 aliphatic rings. The lowest BCUT2D eigenvalue weighted by Crippen LogP contribution is -2.28. The highest BCUT2D eigenvalue weighted by molar-refractivity contribution is 7.90. The normalized spacial score (nSPS) is 12.5. The van der Waals surface area contributed by atoms with Crippen LogP contribution in [0.25, 0.3) is 0 Å². The van der Waals surface area contributed by atoms with Crippen LogP contribution in [0.15, 0.2) is 29.2 Å². The summed E-state index contributed by atoms with van der Waals surface area (Å²) in [6, 6.07) is 5.66. The van der Waals surface area contributed by atoms with E-state index in [9.17, 15) is 18.0 Å². The molecule has 1 rings (SSSR count). The molecule has 0 saturated carbocycles. The van der Waals surface area contributed by atoms with Gasteiger partial charge >= 0.3 is 0 Å². The fourth-order valence-electron chi connectivity index (χ4n) is 1.80. The van der Waals surface area contributed by atoms with Crippen LogP contribution in [0, 0.1) is 5.92 Å². The first kappa shape index (κ1) is 17.2. The van der Waals surface area contributed by atoms with Gasteiger partial charge in [-0.25, -0.2) is 13.1 Å². The summed E-state index contributed by atoms with van der Waals surface area (Å²) in [7, 11) is -3.84. The number of anilines is 1. The summed E-state index contributed by atoms with van der Waals surface area (Å²) in [5, 5.41) is 2.72. The summed E-state index contributed by atoms with van der Waals surface area (Å²) in [5.74, 6) is -0.854. The molecule has 2 amide bonds. The van der Waals surface area contributed by atoms with Crippen LogP contribution in [0.1, 0.15) is 33.6 Å². The maximum absolute atomic E-state index is 11.8. The SMILES string of the molecule is CCC[C@@H](C)C(=O)Nc1ccc(S(=O)(=O)NC(C)=O)cc1. The molecule has 116 valence electrons. The average Bonchev–Trinajstić information content (AvgIpc) is 2.38. The molecule has 21 heavy (non-hydrogen) atoms. The van der Waals surface area contributed by atoms with Gasteiger partial charge in [0.15, 0.2) is 0 Å². The highest BCUT2D eigenvalue weighted by Crippen LogP contribution is 2.15. The van der Waals surface area contributed by atoms with Crippen LogP contribution in [-0.2, 0) is 19.6 Å². The molecule has 0 saturated heterocycles. The van der Waals surface area contributed by atoms with Crippen LogP contribution in [-0.4, -0.2) is 20.2 Å². The van der Waals surface area contributed by atoms with Crippen LogP contribution >= 0.6 is 0 Å². The lowest BCUT2D eigenvalue weighted by Gasteiger charge is -2.11. The van der Waals surface area contributed by atoms with E-state index in [1.807, 2.05) is 18.6 Å². The van der Waals surface area contributed by atoms with E-state index in [0.29, 0.717) is 5.69 Å². The van der Waals surface area contributed by atoms with Gasteiger partial charge in [0.05, 0.1) is 4.90 Å². The Labute approximate surface area is 125 Å². The average molecular weight is 312 g/mol. The van der Waals surface area contributed by atoms with E-state index in [1.165, 1.54) is 24.3 Å². The molecule has 0 aliphatic heterocycles. The number of rotatable bonds is 6. The fraction of sp³-hybridized carbons (Fsp3) is 0.429. The number of hydrogen-bond donors (Lipinski definition) is 2. The molecule has 1 atom stereocenters. The molecule has 0 aromatic heterocycles. The Bertz CT molecular complexity index is 608. The Morgan fingerprint density at radius 2 is 1.76 bits per heavy atom. The first-order valence-electron chi connectivity index (χ1n) is 6.70. The van der Waals surface area contributed by atoms with E-state index >= 15 is 0 Å². The van der Waals surface area contributed by atoms with Gasteiger partial charge in [0.1, 0.15) is 0 Å². The second-order valence-electron chi connectivity index (χ2n) is 4.87. The summed E-state index contributed by atoms with van der Waals surface area (Å²) < 4.78 is 25.4. The number of carbonyl (C=O) groups is 2. The lowest BCUT2D eigenvalue weighted by molar-refractivity contribution is -0.119. The van der Waals surface area contributed by atoms with E-state index in [0.717, 1.165) is 19.8 Å². The van der Waals surface area contributed by atoms with Crippen molar-refractivity contribution in [3.8, 4) is 0 Å². The Kier molecular flexibility index (Phi) is 5.90. The van der Waals surface area contributed by atoms with Gasteiger partial charge in [-0.3, -0.25) is 9.59 Å². The van der Waals surface area contributed by atoms with Crippen LogP contribution in [0.5, 0.6) is 0 Å². The molecule has 1 aromatic rings. The third-order valence-electron chi connectivity index (χ3n) is 2.88. The smallest absolute Gasteiger partial charge is 0.264 e. The Balaban J connectivity index is 2.79. The first-order chi connectivity index (χ1) is 9.76. The molecule has 6 nitrogen and oxygen atoms in total. The maximum Gasteiger partial charge on any atom is 0.264 e. The van der Waals surface area contributed by atoms with Crippen molar-refractivity contribution in [3.63, 3.8) is 0 Å². The van der Waals surface area contributed by atoms with E-state index in [2.05, 4.69) is 5.32 Å². The minimum Gasteiger partial charge on any atom is -0.326 e. The van der Waals surface area contributed by atoms with E-state index < -0.39 is 15.9 Å². The van der Waals surface area contributed by atoms with Crippen molar-refractivity contribution in [2.75, 3.05) is 5.32 Å². The van der Waals surface area contributed by atoms with Gasteiger partial charge in [-0.15, -0.1) is 0 Å². The van der Waals surface area contributed by atoms with Crippen LogP contribution in [0.2, 0.25) is 0 Å². The second-order valence-corrected chi connectivity index (χ2v) is 6.55. The number of amides is 2. The first-order valence-corrected chi connectivity index (χ1v) is 8.19. The summed E-state index contributed by atoms with van der Waals surface area (Å²) in [4.78, 5) is 22.6. The molecular formula is C14H20N2O4S. The zero-order chi connectivity index (χ0) is 16.0. The molecule has 0 radical (unpaired) electrons. The predicted molar refractivity (Wildman–Crippen MR) is 80.1 cm³/mol. The summed E-state index contributed by atoms with van der Waals surface area (Å²) >= 11 is 0. The molecule has 0 fully saturated rings. The summed E-state index contributed by atoms with van der Waals surface area (Å²) in [6.07, 6.45) is 1.71. The highest BCUT2D eigenvalue weighted by Gasteiger charge is 2.16. The van der Waals surface area contributed by atoms with E-state index in [4.69, 9.17) is 0 Å². The van der Waals surface area contributed by atoms with Gasteiger partial charge in [-0.2, -0.15) is 0 Å². The number of carbonyl (C=O) groups excluding carboxylic acids is 2. The zero-order valence-corrected chi connectivity index (χ0v) is 13.2. The Hall–Kier alpha value is -1.89. The Morgan fingerprint density at radius 3 is 2.24 bits per heavy atom. The van der Waals surface area contributed by atoms with Crippen molar-refractivity contribution in [2.45, 2.75) is 38.5 Å². The largest absolute Gasteiger partial charge is 0.326 e. The monoisotopic (exact) mass is 312 g/mol. The van der Waals surface area contributed by atoms with Gasteiger partial charge < -0.3 is 5.32 Å². The van der Waals surface area contributed by atoms with Crippen molar-refractivity contribution in [3.05, 3.63) is 24.3 Å². The molecule has 1 aromatic carbocycles. The van der Waals surface area contributed by atoms with E-state index in [-0.39, 0.29) is 16.7 Å². The third-order valence-corrected chi connectivity index (χ3v) is 4.33. The maximum atomic E-state index is 11.8. The van der Waals surface area contributed by atoms with Crippen molar-refractivity contribution in [2.24, 2.45) is 5.92 Å². The molecule has 0 bridgehead atoms. The van der Waals surface area contributed by atoms with Crippen LogP contribution in [0.4, 0.5) is 5.69 Å². The number of nitrogens with one attached hydrogen (secondary N) is 2. The molecular weight excluding hydrogens is 292 g/mol. The Morgan fingerprint density at radius 1 is 1.19 bits per heavy atom. The lowest BCUT2D eigenvalue weighted by atomic mass is 10.1. The molecule has 0 spiro atoms. The van der Waals surface area contributed by atoms with Gasteiger partial charge in [0.2, 0.25) is 11.8 Å². The van der Waals surface area contributed by atoms with E-state index in [1.54, 1.807) is 0 Å². The number of benzene rings is 1. The van der Waals surface area contributed by atoms with Gasteiger partial charge in [-0.05, 0) is 30.7 Å². The molecule has 0 aliphatic carbocycles. The van der Waals surface area contributed by atoms with Crippen molar-refractivity contribution in [1.82, 2.24) is 4.72 Å². The van der Waals surface area contributed by atoms with Crippen molar-refractivity contribution < 1.29 is 18.0 Å². The second kappa shape index (κ2) is 7.21. The minimum atomic E-state index is -3.84. The highest BCUT2D eigenvalue weighted by atomic mass is 32.2. The number of sulfonamides is 1. The zero-order valence-electron chi connectivity index (χ0n) is 12.3. The third kappa shape index (κ3) is 5.18. The summed E-state index contributed by atoms with van der Waals surface area (Å²) in [5.41, 5.74) is 0.518. The molecule has 2 N–H and O–H groups in total. The molecule has 0 heterocycles. The van der Waals surface area contributed by atoms with Gasteiger partial charge in [0, 0.05) is 18.5 Å². The fourth-order valence-corrected chi connectivity index (χ4v) is 2.79. The van der Waals surface area contributed by atoms with Crippen molar-refractivity contribution >= 4 is 27.5 Å². The van der Waals surface area contributed by atoms with Crippen LogP contribution in [0.3, 0.4) is 0 Å². The number of hydrogen-bond acceptors (Lipinski definition) is 4. The van der Waals surface area contributed by atoms with Crippen LogP contribution < -0.4 is 10.0 Å². The molecule has 0 unspecified atom stereocenters. The van der Waals surface area contributed by atoms with Gasteiger partial charge in [0.25, 0.3) is 10.0 Å². The topological polar surface area (TPSA) is 92.3 Å². The quantitative estimate of drug-likeness (QED) is 0.839. The molecule has 7 heteroatoms. The van der Waals surface area contributed by atoms with Gasteiger partial charge in [-0.1, -0.05) is 20.3 Å². The summed E-state index contributed by atoms with van der Waals surface area (Å²) in [6.45, 7) is 4.97. The standard InChI is InChI=1S/C14H20N2O4S/c1-4-5-10(2)14(18)15-12-6-8-13(9-7-12)21(19,20)16-11(3)17/h6-10H,4-5H2,1-3H3,(H,15,18)(H,16,17)/t10-/m1/s1. The minimum absolute atomic E-state index is 0.0303. The van der Waals surface area contributed by atoms with Crippen molar-refractivity contribution in [1.29, 1.82) is 0 Å². The predicted octanol–water partition coefficient (Wildman–Crippen LogP) is 1.89.